The maximum Gasteiger partial charge on any atom is 0.122 e. The molecule has 0 radical (unpaired) electrons. The molecule has 3 atom stereocenters. The molecule has 3 unspecified atom stereocenters. The van der Waals surface area contributed by atoms with Crippen molar-refractivity contribution in [1.29, 1.82) is 0 Å². The Kier molecular flexibility index (Phi) is 4.76. The number of ether oxygens (including phenoxy) is 1. The fraction of sp³-hybridized carbons (Fsp3) is 0.579. The Morgan fingerprint density at radius 2 is 2.19 bits per heavy atom. The molecule has 1 aromatic rings. The molecule has 2 heteroatoms. The van der Waals surface area contributed by atoms with E-state index in [0.29, 0.717) is 5.88 Å². The van der Waals surface area contributed by atoms with Gasteiger partial charge in [-0.2, -0.15) is 0 Å². The minimum absolute atomic E-state index is 0.594. The summed E-state index contributed by atoms with van der Waals surface area (Å²) in [7, 11) is 0. The second kappa shape index (κ2) is 6.75. The van der Waals surface area contributed by atoms with Crippen molar-refractivity contribution >= 4 is 11.6 Å². The topological polar surface area (TPSA) is 9.23 Å². The van der Waals surface area contributed by atoms with Crippen LogP contribution >= 0.6 is 11.6 Å². The molecule has 1 aromatic carbocycles. The van der Waals surface area contributed by atoms with Crippen molar-refractivity contribution < 1.29 is 4.74 Å². The van der Waals surface area contributed by atoms with Crippen LogP contribution in [0.15, 0.2) is 18.2 Å². The number of benzene rings is 1. The van der Waals surface area contributed by atoms with Gasteiger partial charge in [0.15, 0.2) is 0 Å². The van der Waals surface area contributed by atoms with Gasteiger partial charge in [0.05, 0.1) is 6.61 Å². The van der Waals surface area contributed by atoms with Gasteiger partial charge in [-0.25, -0.2) is 0 Å². The van der Waals surface area contributed by atoms with Crippen LogP contribution in [0.25, 0.3) is 0 Å². The molecular weight excluding hydrogens is 280 g/mol. The SMILES string of the molecule is Cc1cc(C#CCCCl)ccc1OCC1CC2CCC1C2. The van der Waals surface area contributed by atoms with Gasteiger partial charge in [0.1, 0.15) is 5.75 Å². The van der Waals surface area contributed by atoms with Crippen LogP contribution in [-0.2, 0) is 0 Å². The molecule has 3 rings (SSSR count). The number of aryl methyl sites for hydroxylation is 1. The molecule has 2 aliphatic carbocycles. The van der Waals surface area contributed by atoms with Crippen molar-refractivity contribution in [2.75, 3.05) is 12.5 Å². The van der Waals surface area contributed by atoms with E-state index in [1.807, 2.05) is 6.07 Å². The zero-order valence-corrected chi connectivity index (χ0v) is 13.5. The van der Waals surface area contributed by atoms with E-state index in [0.717, 1.165) is 42.1 Å². The number of hydrogen-bond acceptors (Lipinski definition) is 1. The molecule has 0 spiro atoms. The average molecular weight is 303 g/mol. The Hall–Kier alpha value is -1.13. The smallest absolute Gasteiger partial charge is 0.122 e. The highest BCUT2D eigenvalue weighted by Crippen LogP contribution is 2.48. The standard InChI is InChI=1S/C19H23ClO/c1-14-10-15(4-2-3-9-20)6-8-19(14)21-13-18-12-16-5-7-17(18)11-16/h6,8,10,16-18H,3,5,7,9,11-13H2,1H3. The maximum absolute atomic E-state index is 6.08. The fourth-order valence-corrected chi connectivity index (χ4v) is 3.97. The summed E-state index contributed by atoms with van der Waals surface area (Å²) in [4.78, 5) is 0. The zero-order valence-electron chi connectivity index (χ0n) is 12.7. The first kappa shape index (κ1) is 14.8. The number of alkyl halides is 1. The summed E-state index contributed by atoms with van der Waals surface area (Å²) in [6.07, 6.45) is 6.44. The Morgan fingerprint density at radius 1 is 1.29 bits per heavy atom. The van der Waals surface area contributed by atoms with E-state index in [1.54, 1.807) is 0 Å². The molecule has 21 heavy (non-hydrogen) atoms. The number of rotatable bonds is 4. The third-order valence-electron chi connectivity index (χ3n) is 4.96. The summed E-state index contributed by atoms with van der Waals surface area (Å²) >= 11 is 5.63. The predicted molar refractivity (Wildman–Crippen MR) is 87.8 cm³/mol. The molecule has 2 saturated carbocycles. The van der Waals surface area contributed by atoms with Gasteiger partial charge in [0, 0.05) is 17.9 Å². The molecule has 0 amide bonds. The van der Waals surface area contributed by atoms with E-state index >= 15 is 0 Å². The second-order valence-electron chi connectivity index (χ2n) is 6.47. The Bertz CT molecular complexity index is 554. The van der Waals surface area contributed by atoms with E-state index in [2.05, 4.69) is 30.9 Å². The van der Waals surface area contributed by atoms with Gasteiger partial charge in [-0.15, -0.1) is 11.6 Å². The Labute approximate surface area is 133 Å². The highest BCUT2D eigenvalue weighted by atomic mass is 35.5. The molecule has 2 bridgehead atoms. The highest BCUT2D eigenvalue weighted by molar-refractivity contribution is 6.18. The summed E-state index contributed by atoms with van der Waals surface area (Å²) in [6, 6.07) is 6.22. The van der Waals surface area contributed by atoms with Crippen LogP contribution < -0.4 is 4.74 Å². The first-order chi connectivity index (χ1) is 10.3. The van der Waals surface area contributed by atoms with E-state index < -0.39 is 0 Å². The van der Waals surface area contributed by atoms with E-state index in [9.17, 15) is 0 Å². The average Bonchev–Trinajstić information content (AvgIpc) is 3.09. The first-order valence-electron chi connectivity index (χ1n) is 8.04. The largest absolute Gasteiger partial charge is 0.493 e. The molecule has 0 aromatic heterocycles. The van der Waals surface area contributed by atoms with E-state index in [4.69, 9.17) is 16.3 Å². The summed E-state index contributed by atoms with van der Waals surface area (Å²) < 4.78 is 6.08. The number of halogens is 1. The quantitative estimate of drug-likeness (QED) is 0.574. The summed E-state index contributed by atoms with van der Waals surface area (Å²) in [5, 5.41) is 0. The number of fused-ring (bicyclic) bond motifs is 2. The monoisotopic (exact) mass is 302 g/mol. The Morgan fingerprint density at radius 3 is 2.86 bits per heavy atom. The van der Waals surface area contributed by atoms with Crippen molar-refractivity contribution in [1.82, 2.24) is 0 Å². The van der Waals surface area contributed by atoms with E-state index in [1.165, 1.54) is 31.2 Å². The molecule has 0 aliphatic heterocycles. The molecule has 112 valence electrons. The predicted octanol–water partition coefficient (Wildman–Crippen LogP) is 4.79. The van der Waals surface area contributed by atoms with Crippen LogP contribution in [0, 0.1) is 36.5 Å². The molecule has 1 nitrogen and oxygen atoms in total. The summed E-state index contributed by atoms with van der Waals surface area (Å²) in [6.45, 7) is 2.99. The molecule has 0 saturated heterocycles. The van der Waals surface area contributed by atoms with Gasteiger partial charge in [-0.05, 0) is 67.7 Å². The molecule has 2 aliphatic rings. The third kappa shape index (κ3) is 3.55. The molecular formula is C19H23ClO. The second-order valence-corrected chi connectivity index (χ2v) is 6.84. The van der Waals surface area contributed by atoms with Crippen molar-refractivity contribution in [2.24, 2.45) is 17.8 Å². The lowest BCUT2D eigenvalue weighted by atomic mass is 9.89. The lowest BCUT2D eigenvalue weighted by Gasteiger charge is -2.22. The van der Waals surface area contributed by atoms with Crippen molar-refractivity contribution in [3.8, 4) is 17.6 Å². The van der Waals surface area contributed by atoms with Gasteiger partial charge < -0.3 is 4.74 Å². The number of hydrogen-bond donors (Lipinski definition) is 0. The minimum atomic E-state index is 0.594. The van der Waals surface area contributed by atoms with Crippen LogP contribution in [0.5, 0.6) is 5.75 Å². The van der Waals surface area contributed by atoms with Crippen LogP contribution in [0.2, 0.25) is 0 Å². The van der Waals surface area contributed by atoms with Gasteiger partial charge in [-0.1, -0.05) is 18.3 Å². The van der Waals surface area contributed by atoms with Crippen LogP contribution in [0.1, 0.15) is 43.2 Å². The lowest BCUT2D eigenvalue weighted by Crippen LogP contribution is -2.18. The van der Waals surface area contributed by atoms with Crippen LogP contribution in [-0.4, -0.2) is 12.5 Å². The van der Waals surface area contributed by atoms with Crippen LogP contribution in [0.4, 0.5) is 0 Å². The van der Waals surface area contributed by atoms with Gasteiger partial charge in [0.25, 0.3) is 0 Å². The fourth-order valence-electron chi connectivity index (χ4n) is 3.88. The normalized spacial score (nSPS) is 26.5. The van der Waals surface area contributed by atoms with Crippen molar-refractivity contribution in [3.05, 3.63) is 29.3 Å². The van der Waals surface area contributed by atoms with Crippen molar-refractivity contribution in [3.63, 3.8) is 0 Å². The zero-order chi connectivity index (χ0) is 14.7. The third-order valence-corrected chi connectivity index (χ3v) is 5.15. The summed E-state index contributed by atoms with van der Waals surface area (Å²) in [5.74, 6) is 10.5. The highest BCUT2D eigenvalue weighted by Gasteiger charge is 2.39. The molecule has 0 heterocycles. The first-order valence-corrected chi connectivity index (χ1v) is 8.58. The molecule has 2 fully saturated rings. The van der Waals surface area contributed by atoms with Gasteiger partial charge in [-0.3, -0.25) is 0 Å². The summed E-state index contributed by atoms with van der Waals surface area (Å²) in [5.41, 5.74) is 2.22. The Balaban J connectivity index is 1.57. The minimum Gasteiger partial charge on any atom is -0.493 e. The molecule has 0 N–H and O–H groups in total. The van der Waals surface area contributed by atoms with Gasteiger partial charge in [0.2, 0.25) is 0 Å². The lowest BCUT2D eigenvalue weighted by molar-refractivity contribution is 0.194. The van der Waals surface area contributed by atoms with Crippen molar-refractivity contribution in [2.45, 2.75) is 39.0 Å². The van der Waals surface area contributed by atoms with Gasteiger partial charge >= 0.3 is 0 Å². The maximum atomic E-state index is 6.08. The van der Waals surface area contributed by atoms with E-state index in [-0.39, 0.29) is 0 Å². The van der Waals surface area contributed by atoms with Crippen LogP contribution in [0.3, 0.4) is 0 Å².